The van der Waals surface area contributed by atoms with Crippen molar-refractivity contribution in [3.05, 3.63) is 96.2 Å². The highest BCUT2D eigenvalue weighted by molar-refractivity contribution is 5.86. The van der Waals surface area contributed by atoms with E-state index in [0.29, 0.717) is 5.92 Å². The maximum absolute atomic E-state index is 11.7. The largest absolute Gasteiger partial charge is 0.479 e. The lowest BCUT2D eigenvalue weighted by Crippen LogP contribution is -2.61. The lowest BCUT2D eigenvalue weighted by molar-refractivity contribution is -0.303. The van der Waals surface area contributed by atoms with Crippen LogP contribution in [0.2, 0.25) is 0 Å². The molecule has 304 valence electrons. The molecular weight excluding hydrogens is 690 g/mol. The van der Waals surface area contributed by atoms with Gasteiger partial charge in [0.05, 0.1) is 12.4 Å². The predicted octanol–water partition coefficient (Wildman–Crippen LogP) is 5.94. The smallest absolute Gasteiger partial charge is 0.335 e. The molecule has 0 aromatic carbocycles. The fraction of sp³-hybridized carbons (Fsp3) is 0.548. The number of unbranched alkanes of at least 4 members (excludes halogenated alkanes) is 2. The van der Waals surface area contributed by atoms with Crippen LogP contribution in [0.4, 0.5) is 0 Å². The summed E-state index contributed by atoms with van der Waals surface area (Å²) in [6.07, 6.45) is 24.9. The quantitative estimate of drug-likeness (QED) is 0.0153. The van der Waals surface area contributed by atoms with Crippen molar-refractivity contribution >= 4 is 18.3 Å². The van der Waals surface area contributed by atoms with Crippen LogP contribution in [0.3, 0.4) is 0 Å². The Morgan fingerprint density at radius 3 is 2.06 bits per heavy atom. The number of hydrogen-bond acceptors (Lipinski definition) is 9. The highest BCUT2D eigenvalue weighted by Gasteiger charge is 2.48. The van der Waals surface area contributed by atoms with Crippen LogP contribution < -0.4 is 5.73 Å². The molecule has 54 heavy (non-hydrogen) atoms. The summed E-state index contributed by atoms with van der Waals surface area (Å²) >= 11 is 0. The van der Waals surface area contributed by atoms with Crippen molar-refractivity contribution in [2.75, 3.05) is 20.6 Å². The second-order valence-corrected chi connectivity index (χ2v) is 13.5. The molecule has 0 aromatic heterocycles. The van der Waals surface area contributed by atoms with Crippen molar-refractivity contribution in [2.24, 2.45) is 23.5 Å². The zero-order chi connectivity index (χ0) is 41.1. The number of carbonyl (C=O) groups is 2. The molecular formula is C42H67N3O9. The van der Waals surface area contributed by atoms with Gasteiger partial charge >= 0.3 is 11.9 Å². The zero-order valence-corrected chi connectivity index (χ0v) is 33.2. The second kappa shape index (κ2) is 29.4. The van der Waals surface area contributed by atoms with Crippen LogP contribution in [-0.2, 0) is 19.1 Å². The third-order valence-corrected chi connectivity index (χ3v) is 8.60. The minimum atomic E-state index is -1.81. The summed E-state index contributed by atoms with van der Waals surface area (Å²) in [4.78, 5) is 24.4. The minimum absolute atomic E-state index is 0.200. The van der Waals surface area contributed by atoms with E-state index in [9.17, 15) is 30.0 Å². The Bertz CT molecular complexity index is 1330. The van der Waals surface area contributed by atoms with E-state index in [1.807, 2.05) is 44.0 Å². The number of aliphatic carboxylic acids is 2. The van der Waals surface area contributed by atoms with Crippen LogP contribution in [0.25, 0.3) is 0 Å². The lowest BCUT2D eigenvalue weighted by Gasteiger charge is -2.40. The van der Waals surface area contributed by atoms with Crippen LogP contribution in [-0.4, -0.2) is 106 Å². The van der Waals surface area contributed by atoms with Gasteiger partial charge in [-0.2, -0.15) is 0 Å². The number of aliphatic hydroxyl groups is 3. The van der Waals surface area contributed by atoms with Crippen molar-refractivity contribution in [3.63, 3.8) is 0 Å². The second-order valence-electron chi connectivity index (χ2n) is 13.5. The molecule has 9 atom stereocenters. The Morgan fingerprint density at radius 2 is 1.44 bits per heavy atom. The normalized spacial score (nSPS) is 23.6. The van der Waals surface area contributed by atoms with Gasteiger partial charge in [0.25, 0.3) is 0 Å². The number of allylic oxidation sites excluding steroid dienone is 13. The topological polar surface area (TPSA) is 207 Å². The zero-order valence-electron chi connectivity index (χ0n) is 33.2. The molecule has 0 aliphatic carbocycles. The lowest BCUT2D eigenvalue weighted by atomic mass is 9.92. The first-order valence-electron chi connectivity index (χ1n) is 18.6. The maximum atomic E-state index is 11.7. The number of nitrogens with two attached hydrogens (primary N) is 1. The highest BCUT2D eigenvalue weighted by atomic mass is 16.7. The van der Waals surface area contributed by atoms with Gasteiger partial charge in [-0.3, -0.25) is 5.41 Å². The van der Waals surface area contributed by atoms with E-state index in [4.69, 9.17) is 20.0 Å². The van der Waals surface area contributed by atoms with Gasteiger partial charge < -0.3 is 45.6 Å². The maximum Gasteiger partial charge on any atom is 0.335 e. The Kier molecular flexibility index (Phi) is 27.3. The Balaban J connectivity index is 0.0000138. The number of carboxylic acid groups (broad SMARTS) is 2. The molecule has 0 amide bonds. The summed E-state index contributed by atoms with van der Waals surface area (Å²) in [5.41, 5.74) is 5.59. The first-order valence-corrected chi connectivity index (χ1v) is 18.6. The standard InChI is InChI=1S/C41H62N2O9.CH5N/c1-29(21-15-12-13-20-26-43(6)28-42)22-16-14-17-23-30(2)27-33(5)37(51-41-36(46)34(44)35(45)38(52-41)40(49)50)31(3)24-18-10-8-7-9-11-19-25-32(4)39(47)48;1-2/h7-12,15-16,18-19,22,24-25,27-31,34-38,41-42,44-46H,13-14,17,20-21,23,26H2,1-6H3,(H,47,48)(H,49,50);2H2,1H3/b9-7+,10-8+,15-12+,19-11+,22-16+,24-18+,32-25+,33-27+,42-28?;. The van der Waals surface area contributed by atoms with E-state index in [0.717, 1.165) is 50.6 Å². The van der Waals surface area contributed by atoms with Crippen LogP contribution in [0.5, 0.6) is 0 Å². The molecule has 1 aliphatic rings. The molecule has 1 fully saturated rings. The molecule has 0 radical (unpaired) electrons. The van der Waals surface area contributed by atoms with Gasteiger partial charge in [-0.25, -0.2) is 9.59 Å². The number of nitrogens with zero attached hydrogens (tertiary/aromatic N) is 1. The molecule has 1 heterocycles. The minimum Gasteiger partial charge on any atom is -0.479 e. The fourth-order valence-corrected chi connectivity index (χ4v) is 5.43. The average Bonchev–Trinajstić information content (AvgIpc) is 3.14. The van der Waals surface area contributed by atoms with Gasteiger partial charge in [-0.05, 0) is 76.8 Å². The van der Waals surface area contributed by atoms with E-state index >= 15 is 0 Å². The summed E-state index contributed by atoms with van der Waals surface area (Å²) in [6, 6.07) is 0. The number of aliphatic hydroxyl groups excluding tert-OH is 3. The van der Waals surface area contributed by atoms with Gasteiger partial charge in [0, 0.05) is 25.1 Å². The number of ether oxygens (including phenoxy) is 2. The fourth-order valence-electron chi connectivity index (χ4n) is 5.43. The molecule has 1 aliphatic heterocycles. The van der Waals surface area contributed by atoms with E-state index in [1.165, 1.54) is 26.4 Å². The van der Waals surface area contributed by atoms with Crippen molar-refractivity contribution < 1.29 is 44.6 Å². The third kappa shape index (κ3) is 21.1. The van der Waals surface area contributed by atoms with E-state index < -0.39 is 48.7 Å². The van der Waals surface area contributed by atoms with Crippen LogP contribution in [0, 0.1) is 23.2 Å². The van der Waals surface area contributed by atoms with Crippen LogP contribution in [0.15, 0.2) is 96.2 Å². The molecule has 9 unspecified atom stereocenters. The average molecular weight is 758 g/mol. The number of hydrogen-bond donors (Lipinski definition) is 7. The molecule has 12 heteroatoms. The summed E-state index contributed by atoms with van der Waals surface area (Å²) < 4.78 is 11.6. The number of nitrogens with one attached hydrogen (secondary N) is 1. The van der Waals surface area contributed by atoms with Crippen LogP contribution >= 0.6 is 0 Å². The van der Waals surface area contributed by atoms with E-state index in [2.05, 4.69) is 50.0 Å². The van der Waals surface area contributed by atoms with Gasteiger partial charge in [0.2, 0.25) is 0 Å². The summed E-state index contributed by atoms with van der Waals surface area (Å²) in [5, 5.41) is 56.7. The van der Waals surface area contributed by atoms with Crippen molar-refractivity contribution in [3.8, 4) is 0 Å². The number of rotatable bonds is 24. The summed E-state index contributed by atoms with van der Waals surface area (Å²) in [5.74, 6) is -2.06. The Hall–Kier alpha value is -3.91. The van der Waals surface area contributed by atoms with E-state index in [-0.39, 0.29) is 17.4 Å². The SMILES string of the molecule is CN.C\C(=C/C=C/C=C/C=C/C=C/C(C)C(OC1OC(C(=O)O)C(O)C(O)C1O)/C(C)=C/C(C)CCC/C=C/C(C)C/C=C/CCCN(C)C=N)C(=O)O. The monoisotopic (exact) mass is 757 g/mol. The Morgan fingerprint density at radius 1 is 0.833 bits per heavy atom. The first-order chi connectivity index (χ1) is 25.7. The van der Waals surface area contributed by atoms with Crippen LogP contribution in [0.1, 0.15) is 73.1 Å². The van der Waals surface area contributed by atoms with Crippen molar-refractivity contribution in [1.29, 1.82) is 5.41 Å². The molecule has 1 saturated heterocycles. The molecule has 0 saturated carbocycles. The summed E-state index contributed by atoms with van der Waals surface area (Å²) in [7, 11) is 3.41. The number of carboxylic acids is 2. The van der Waals surface area contributed by atoms with Gasteiger partial charge in [-0.15, -0.1) is 0 Å². The first kappa shape index (κ1) is 50.1. The van der Waals surface area contributed by atoms with E-state index in [1.54, 1.807) is 30.4 Å². The molecule has 0 bridgehead atoms. The van der Waals surface area contributed by atoms with Crippen molar-refractivity contribution in [1.82, 2.24) is 4.90 Å². The van der Waals surface area contributed by atoms with Gasteiger partial charge in [0.15, 0.2) is 12.4 Å². The molecule has 0 spiro atoms. The molecule has 1 rings (SSSR count). The van der Waals surface area contributed by atoms with Crippen molar-refractivity contribution in [2.45, 2.75) is 110 Å². The Labute approximate surface area is 322 Å². The summed E-state index contributed by atoms with van der Waals surface area (Å²) in [6.45, 7) is 10.5. The van der Waals surface area contributed by atoms with Gasteiger partial charge in [-0.1, -0.05) is 106 Å². The molecule has 0 aromatic rings. The molecule has 12 nitrogen and oxygen atoms in total. The molecule has 8 N–H and O–H groups in total. The predicted molar refractivity (Wildman–Crippen MR) is 216 cm³/mol. The third-order valence-electron chi connectivity index (χ3n) is 8.60. The van der Waals surface area contributed by atoms with Gasteiger partial charge in [0.1, 0.15) is 18.3 Å². The highest BCUT2D eigenvalue weighted by Crippen LogP contribution is 2.29.